The number of fused-ring (bicyclic) bond motifs is 18. The molecule has 12 aromatic carbocycles. The van der Waals surface area contributed by atoms with E-state index in [0.717, 1.165) is 55.5 Å². The lowest BCUT2D eigenvalue weighted by atomic mass is 9.70. The van der Waals surface area contributed by atoms with Gasteiger partial charge in [-0.25, -0.2) is 0 Å². The summed E-state index contributed by atoms with van der Waals surface area (Å²) in [6.45, 7) is 0. The van der Waals surface area contributed by atoms with Gasteiger partial charge in [0.1, 0.15) is 11.2 Å². The monoisotopic (exact) mass is 875 g/mol. The number of nitrogens with zero attached hydrogens (tertiary/aromatic N) is 1. The lowest BCUT2D eigenvalue weighted by Gasteiger charge is -2.32. The van der Waals surface area contributed by atoms with Gasteiger partial charge in [-0.15, -0.1) is 0 Å². The lowest BCUT2D eigenvalue weighted by Crippen LogP contribution is -2.26. The highest BCUT2D eigenvalue weighted by Crippen LogP contribution is 2.63. The van der Waals surface area contributed by atoms with Gasteiger partial charge in [0.05, 0.1) is 11.1 Å². The van der Waals surface area contributed by atoms with E-state index in [4.69, 9.17) is 4.42 Å². The Bertz CT molecular complexity index is 4210. The summed E-state index contributed by atoms with van der Waals surface area (Å²) in [5, 5.41) is 9.56. The minimum atomic E-state index is -0.481. The zero-order valence-electron chi connectivity index (χ0n) is 37.5. The summed E-state index contributed by atoms with van der Waals surface area (Å²) < 4.78 is 7.03. The van der Waals surface area contributed by atoms with Crippen molar-refractivity contribution in [2.45, 2.75) is 5.41 Å². The van der Waals surface area contributed by atoms with Crippen LogP contribution in [0.4, 0.5) is 17.1 Å². The van der Waals surface area contributed by atoms with E-state index in [1.54, 1.807) is 0 Å². The smallest absolute Gasteiger partial charge is 0.143 e. The predicted octanol–water partition coefficient (Wildman–Crippen LogP) is 18.2. The summed E-state index contributed by atoms with van der Waals surface area (Å²) in [6, 6.07) is 91.8. The van der Waals surface area contributed by atoms with Gasteiger partial charge >= 0.3 is 0 Å². The number of furan rings is 1. The maximum atomic E-state index is 7.03. The number of anilines is 3. The summed E-state index contributed by atoms with van der Waals surface area (Å²) in [5.74, 6) is 0. The first kappa shape index (κ1) is 38.2. The minimum Gasteiger partial charge on any atom is -0.455 e. The Balaban J connectivity index is 0.970. The third-order valence-corrected chi connectivity index (χ3v) is 15.3. The molecule has 0 fully saturated rings. The zero-order chi connectivity index (χ0) is 45.2. The first-order chi connectivity index (χ1) is 34.2. The van der Waals surface area contributed by atoms with E-state index < -0.39 is 5.41 Å². The molecule has 0 amide bonds. The molecule has 0 saturated carbocycles. The van der Waals surface area contributed by atoms with Crippen LogP contribution in [0.15, 0.2) is 253 Å². The van der Waals surface area contributed by atoms with Gasteiger partial charge in [-0.1, -0.05) is 212 Å². The Morgan fingerprint density at radius 2 is 0.768 bits per heavy atom. The highest BCUT2D eigenvalue weighted by atomic mass is 16.3. The third-order valence-electron chi connectivity index (χ3n) is 15.3. The Kier molecular flexibility index (Phi) is 8.02. The molecule has 69 heavy (non-hydrogen) atoms. The van der Waals surface area contributed by atoms with Crippen LogP contribution in [0, 0.1) is 0 Å². The quantitative estimate of drug-likeness (QED) is 0.160. The van der Waals surface area contributed by atoms with E-state index >= 15 is 0 Å². The molecule has 0 atom stereocenters. The van der Waals surface area contributed by atoms with E-state index in [9.17, 15) is 0 Å². The number of benzene rings is 12. The van der Waals surface area contributed by atoms with Gasteiger partial charge in [-0.3, -0.25) is 0 Å². The van der Waals surface area contributed by atoms with Crippen molar-refractivity contribution in [2.24, 2.45) is 0 Å². The molecular formula is C67H41NO. The highest BCUT2D eigenvalue weighted by Gasteiger charge is 2.51. The van der Waals surface area contributed by atoms with Gasteiger partial charge in [0.25, 0.3) is 0 Å². The maximum Gasteiger partial charge on any atom is 0.143 e. The molecule has 2 heteroatoms. The molecular weight excluding hydrogens is 835 g/mol. The van der Waals surface area contributed by atoms with Crippen molar-refractivity contribution >= 4 is 71.3 Å². The van der Waals surface area contributed by atoms with Gasteiger partial charge < -0.3 is 9.32 Å². The van der Waals surface area contributed by atoms with E-state index in [-0.39, 0.29) is 0 Å². The van der Waals surface area contributed by atoms with E-state index in [0.29, 0.717) is 0 Å². The molecule has 0 aliphatic heterocycles. The summed E-state index contributed by atoms with van der Waals surface area (Å²) >= 11 is 0. The first-order valence-corrected chi connectivity index (χ1v) is 23.9. The molecule has 0 unspecified atom stereocenters. The van der Waals surface area contributed by atoms with Gasteiger partial charge in [0, 0.05) is 38.7 Å². The molecule has 0 saturated heterocycles. The average molecular weight is 876 g/mol. The molecule has 15 rings (SSSR count). The maximum absolute atomic E-state index is 7.03. The van der Waals surface area contributed by atoms with Crippen LogP contribution < -0.4 is 4.90 Å². The van der Waals surface area contributed by atoms with Crippen LogP contribution in [-0.2, 0) is 5.41 Å². The topological polar surface area (TPSA) is 16.4 Å². The molecule has 1 aromatic heterocycles. The largest absolute Gasteiger partial charge is 0.455 e. The standard InChI is InChI=1S/C67H41NO/c1-3-17-47-42(15-1)33-38-51-48(23-13-24-50(47)51)44-31-35-45(36-32-44)68(64-30-12-8-22-56(64)57-25-14-26-58-59-39-34-43-16-2-4-18-49(43)65(59)69-66(57)58)46-37-40-55-54-21-7-11-29-62(54)67(63(55)41-46)60-27-9-5-19-52(60)53-20-6-10-28-61(53)67/h1-41H. The zero-order valence-corrected chi connectivity index (χ0v) is 37.5. The summed E-state index contributed by atoms with van der Waals surface area (Å²) in [6.07, 6.45) is 0. The highest BCUT2D eigenvalue weighted by molar-refractivity contribution is 6.18. The molecule has 13 aromatic rings. The molecule has 2 nitrogen and oxygen atoms in total. The normalized spacial score (nSPS) is 13.0. The van der Waals surface area contributed by atoms with Crippen molar-refractivity contribution < 1.29 is 4.42 Å². The fourth-order valence-electron chi connectivity index (χ4n) is 12.4. The Labute approximate surface area is 399 Å². The van der Waals surface area contributed by atoms with Gasteiger partial charge in [0.2, 0.25) is 0 Å². The van der Waals surface area contributed by atoms with Crippen LogP contribution in [0.25, 0.3) is 98.8 Å². The van der Waals surface area contributed by atoms with Crippen molar-refractivity contribution in [1.82, 2.24) is 0 Å². The molecule has 2 aliphatic rings. The number of para-hydroxylation sites is 2. The van der Waals surface area contributed by atoms with Crippen LogP contribution in [0.1, 0.15) is 22.3 Å². The van der Waals surface area contributed by atoms with E-state index in [1.807, 2.05) is 0 Å². The molecule has 0 radical (unpaired) electrons. The van der Waals surface area contributed by atoms with Gasteiger partial charge in [0.15, 0.2) is 0 Å². The SMILES string of the molecule is c1ccc(N(c2ccc(-c3cccc4c3ccc3ccccc34)cc2)c2ccc3c(c2)C2(c4ccccc4-c4ccccc42)c2ccccc2-3)c(-c2cccc3c2oc2c4ccccc4ccc32)c1. The average Bonchev–Trinajstić information content (AvgIpc) is 4.06. The van der Waals surface area contributed by atoms with Crippen LogP contribution in [0.2, 0.25) is 0 Å². The molecule has 320 valence electrons. The molecule has 1 spiro atoms. The van der Waals surface area contributed by atoms with Gasteiger partial charge in [-0.05, 0) is 119 Å². The fraction of sp³-hybridized carbons (Fsp3) is 0.0149. The Hall–Kier alpha value is -8.98. The third kappa shape index (κ3) is 5.31. The lowest BCUT2D eigenvalue weighted by molar-refractivity contribution is 0.674. The minimum absolute atomic E-state index is 0.481. The van der Waals surface area contributed by atoms with E-state index in [1.165, 1.54) is 82.6 Å². The molecule has 1 heterocycles. The van der Waals surface area contributed by atoms with Crippen molar-refractivity contribution in [3.05, 3.63) is 271 Å². The molecule has 0 N–H and O–H groups in total. The summed E-state index contributed by atoms with van der Waals surface area (Å²) in [7, 11) is 0. The summed E-state index contributed by atoms with van der Waals surface area (Å²) in [5.41, 5.74) is 19.5. The number of hydrogen-bond acceptors (Lipinski definition) is 2. The van der Waals surface area contributed by atoms with E-state index in [2.05, 4.69) is 254 Å². The Morgan fingerprint density at radius 3 is 1.48 bits per heavy atom. The predicted molar refractivity (Wildman–Crippen MR) is 288 cm³/mol. The second-order valence-electron chi connectivity index (χ2n) is 18.7. The van der Waals surface area contributed by atoms with Crippen LogP contribution in [0.3, 0.4) is 0 Å². The first-order valence-electron chi connectivity index (χ1n) is 23.9. The van der Waals surface area contributed by atoms with Crippen molar-refractivity contribution in [1.29, 1.82) is 0 Å². The van der Waals surface area contributed by atoms with Crippen LogP contribution in [0.5, 0.6) is 0 Å². The van der Waals surface area contributed by atoms with Crippen LogP contribution >= 0.6 is 0 Å². The Morgan fingerprint density at radius 1 is 0.275 bits per heavy atom. The number of rotatable bonds is 5. The second-order valence-corrected chi connectivity index (χ2v) is 18.7. The van der Waals surface area contributed by atoms with Gasteiger partial charge in [-0.2, -0.15) is 0 Å². The van der Waals surface area contributed by atoms with Crippen molar-refractivity contribution in [3.63, 3.8) is 0 Å². The molecule has 0 bridgehead atoms. The summed E-state index contributed by atoms with van der Waals surface area (Å²) in [4.78, 5) is 2.47. The van der Waals surface area contributed by atoms with Crippen molar-refractivity contribution in [2.75, 3.05) is 4.90 Å². The fourth-order valence-corrected chi connectivity index (χ4v) is 12.4. The van der Waals surface area contributed by atoms with Crippen molar-refractivity contribution in [3.8, 4) is 44.5 Å². The molecule has 2 aliphatic carbocycles. The number of hydrogen-bond donors (Lipinski definition) is 0. The van der Waals surface area contributed by atoms with Crippen LogP contribution in [-0.4, -0.2) is 0 Å². The second kappa shape index (κ2) is 14.5.